The zero-order chi connectivity index (χ0) is 15.2. The SMILES string of the molecule is CCCCP(N(C(C)C)C(C)C)N(C(C)C)C(C)C. The van der Waals surface area contributed by atoms with Crippen molar-refractivity contribution in [3.05, 3.63) is 0 Å². The fraction of sp³-hybridized carbons (Fsp3) is 1.00. The van der Waals surface area contributed by atoms with Crippen LogP contribution in [0.2, 0.25) is 0 Å². The van der Waals surface area contributed by atoms with E-state index in [1.807, 2.05) is 0 Å². The lowest BCUT2D eigenvalue weighted by Gasteiger charge is -2.47. The first kappa shape index (κ1) is 19.4. The molecule has 0 saturated heterocycles. The van der Waals surface area contributed by atoms with Crippen LogP contribution in [0.4, 0.5) is 0 Å². The molecule has 0 rings (SSSR count). The van der Waals surface area contributed by atoms with Crippen LogP contribution in [0.3, 0.4) is 0 Å². The van der Waals surface area contributed by atoms with Crippen molar-refractivity contribution < 1.29 is 0 Å². The molecule has 0 unspecified atom stereocenters. The van der Waals surface area contributed by atoms with E-state index in [1.54, 1.807) is 0 Å². The maximum absolute atomic E-state index is 2.75. The second-order valence-electron chi connectivity index (χ2n) is 6.58. The smallest absolute Gasteiger partial charge is 0.0404 e. The van der Waals surface area contributed by atoms with Crippen LogP contribution in [0.5, 0.6) is 0 Å². The van der Waals surface area contributed by atoms with E-state index in [9.17, 15) is 0 Å². The summed E-state index contributed by atoms with van der Waals surface area (Å²) in [6.07, 6.45) is 3.99. The first-order valence-corrected chi connectivity index (χ1v) is 9.51. The summed E-state index contributed by atoms with van der Waals surface area (Å²) in [7, 11) is -0.185. The second-order valence-corrected chi connectivity index (χ2v) is 8.70. The predicted octanol–water partition coefficient (Wildman–Crippen LogP) is 5.34. The minimum absolute atomic E-state index is 0.185. The fourth-order valence-electron chi connectivity index (χ4n) is 2.91. The Balaban J connectivity index is 5.24. The number of rotatable bonds is 9. The van der Waals surface area contributed by atoms with Gasteiger partial charge in [0, 0.05) is 32.4 Å². The van der Waals surface area contributed by atoms with Crippen LogP contribution in [-0.2, 0) is 0 Å². The molecule has 0 aliphatic carbocycles. The largest absolute Gasteiger partial charge is 0.265 e. The summed E-state index contributed by atoms with van der Waals surface area (Å²) in [5.41, 5.74) is 0. The number of hydrogen-bond donors (Lipinski definition) is 0. The number of unbranched alkanes of at least 4 members (excludes halogenated alkanes) is 1. The van der Waals surface area contributed by atoms with E-state index in [2.05, 4.69) is 71.7 Å². The average Bonchev–Trinajstić information content (AvgIpc) is 2.23. The average molecular weight is 288 g/mol. The Morgan fingerprint density at radius 2 is 1.00 bits per heavy atom. The van der Waals surface area contributed by atoms with E-state index in [0.717, 1.165) is 0 Å². The lowest BCUT2D eigenvalue weighted by atomic mass is 10.3. The van der Waals surface area contributed by atoms with Gasteiger partial charge in [-0.2, -0.15) is 0 Å². The highest BCUT2D eigenvalue weighted by atomic mass is 31.1. The van der Waals surface area contributed by atoms with Gasteiger partial charge >= 0.3 is 0 Å². The molecule has 3 heteroatoms. The Hall–Kier alpha value is 0.350. The van der Waals surface area contributed by atoms with Gasteiger partial charge in [-0.05, 0) is 68.0 Å². The molecular weight excluding hydrogens is 251 g/mol. The molecule has 2 nitrogen and oxygen atoms in total. The molecule has 0 aromatic heterocycles. The van der Waals surface area contributed by atoms with Crippen molar-refractivity contribution in [1.82, 2.24) is 9.34 Å². The lowest BCUT2D eigenvalue weighted by Crippen LogP contribution is -2.43. The summed E-state index contributed by atoms with van der Waals surface area (Å²) in [4.78, 5) is 0. The van der Waals surface area contributed by atoms with E-state index < -0.39 is 0 Å². The van der Waals surface area contributed by atoms with Crippen molar-refractivity contribution in [2.75, 3.05) is 6.16 Å². The molecule has 0 radical (unpaired) electrons. The molecule has 0 amide bonds. The van der Waals surface area contributed by atoms with Crippen LogP contribution in [0.15, 0.2) is 0 Å². The summed E-state index contributed by atoms with van der Waals surface area (Å²) < 4.78 is 5.51. The molecule has 116 valence electrons. The van der Waals surface area contributed by atoms with Gasteiger partial charge in [-0.3, -0.25) is 9.34 Å². The minimum Gasteiger partial charge on any atom is -0.265 e. The van der Waals surface area contributed by atoms with E-state index >= 15 is 0 Å². The summed E-state index contributed by atoms with van der Waals surface area (Å²) in [5, 5.41) is 0. The van der Waals surface area contributed by atoms with Crippen molar-refractivity contribution in [1.29, 1.82) is 0 Å². The van der Waals surface area contributed by atoms with Crippen molar-refractivity contribution in [2.24, 2.45) is 0 Å². The zero-order valence-electron chi connectivity index (χ0n) is 14.8. The van der Waals surface area contributed by atoms with E-state index in [4.69, 9.17) is 0 Å². The molecule has 0 aliphatic heterocycles. The molecule has 0 spiro atoms. The van der Waals surface area contributed by atoms with Gasteiger partial charge in [0.15, 0.2) is 0 Å². The van der Waals surface area contributed by atoms with Crippen molar-refractivity contribution in [3.63, 3.8) is 0 Å². The highest BCUT2D eigenvalue weighted by molar-refractivity contribution is 7.52. The zero-order valence-corrected chi connectivity index (χ0v) is 15.7. The molecule has 0 fully saturated rings. The molecular formula is C16H37N2P. The summed E-state index contributed by atoms with van der Waals surface area (Å²) in [6, 6.07) is 2.51. The molecule has 0 bridgehead atoms. The third kappa shape index (κ3) is 6.10. The Kier molecular flexibility index (Phi) is 9.49. The van der Waals surface area contributed by atoms with Gasteiger partial charge in [-0.15, -0.1) is 0 Å². The Morgan fingerprint density at radius 1 is 0.684 bits per heavy atom. The molecule has 0 heterocycles. The summed E-state index contributed by atoms with van der Waals surface area (Å²) in [5.74, 6) is 0. The van der Waals surface area contributed by atoms with Crippen molar-refractivity contribution >= 4 is 8.22 Å². The Bertz CT molecular complexity index is 191. The van der Waals surface area contributed by atoms with Crippen molar-refractivity contribution in [3.8, 4) is 0 Å². The summed E-state index contributed by atoms with van der Waals surface area (Å²) >= 11 is 0. The predicted molar refractivity (Wildman–Crippen MR) is 90.9 cm³/mol. The quantitative estimate of drug-likeness (QED) is 0.529. The molecule has 0 aliphatic rings. The maximum atomic E-state index is 2.75. The highest BCUT2D eigenvalue weighted by Crippen LogP contribution is 2.50. The van der Waals surface area contributed by atoms with Gasteiger partial charge < -0.3 is 0 Å². The second kappa shape index (κ2) is 9.32. The van der Waals surface area contributed by atoms with Crippen LogP contribution in [0.25, 0.3) is 0 Å². The Morgan fingerprint density at radius 3 is 1.21 bits per heavy atom. The molecule has 0 aromatic carbocycles. The van der Waals surface area contributed by atoms with Gasteiger partial charge in [0.2, 0.25) is 0 Å². The van der Waals surface area contributed by atoms with Gasteiger partial charge in [-0.1, -0.05) is 13.3 Å². The third-order valence-electron chi connectivity index (χ3n) is 3.36. The maximum Gasteiger partial charge on any atom is 0.0404 e. The van der Waals surface area contributed by atoms with E-state index in [1.165, 1.54) is 19.0 Å². The fourth-order valence-corrected chi connectivity index (χ4v) is 6.34. The molecule has 0 aromatic rings. The van der Waals surface area contributed by atoms with E-state index in [0.29, 0.717) is 24.2 Å². The highest BCUT2D eigenvalue weighted by Gasteiger charge is 2.31. The molecule has 0 saturated carbocycles. The Labute approximate surface area is 123 Å². The van der Waals surface area contributed by atoms with Crippen molar-refractivity contribution in [2.45, 2.75) is 99.3 Å². The normalized spacial score (nSPS) is 13.3. The first-order valence-electron chi connectivity index (χ1n) is 8.07. The molecule has 19 heavy (non-hydrogen) atoms. The lowest BCUT2D eigenvalue weighted by molar-refractivity contribution is 0.256. The number of nitrogens with zero attached hydrogens (tertiary/aromatic N) is 2. The van der Waals surface area contributed by atoms with Gasteiger partial charge in [0.1, 0.15) is 0 Å². The van der Waals surface area contributed by atoms with E-state index in [-0.39, 0.29) is 8.22 Å². The topological polar surface area (TPSA) is 6.48 Å². The number of hydrogen-bond acceptors (Lipinski definition) is 2. The van der Waals surface area contributed by atoms with Gasteiger partial charge in [0.05, 0.1) is 0 Å². The van der Waals surface area contributed by atoms with Crippen LogP contribution in [0, 0.1) is 0 Å². The summed E-state index contributed by atoms with van der Waals surface area (Å²) in [6.45, 7) is 21.1. The third-order valence-corrected chi connectivity index (χ3v) is 6.99. The van der Waals surface area contributed by atoms with Crippen LogP contribution in [0.1, 0.15) is 75.2 Å². The van der Waals surface area contributed by atoms with Gasteiger partial charge in [0.25, 0.3) is 0 Å². The standard InChI is InChI=1S/C16H37N2P/c1-10-11-12-19(17(13(2)3)14(4)5)18(15(6)7)16(8)9/h13-16H,10-12H2,1-9H3. The first-order chi connectivity index (χ1) is 8.73. The molecule has 0 N–H and O–H groups in total. The van der Waals surface area contributed by atoms with Crippen LogP contribution < -0.4 is 0 Å². The minimum atomic E-state index is -0.185. The molecule has 0 atom stereocenters. The van der Waals surface area contributed by atoms with Gasteiger partial charge in [-0.25, -0.2) is 0 Å². The van der Waals surface area contributed by atoms with Crippen LogP contribution in [-0.4, -0.2) is 39.7 Å². The monoisotopic (exact) mass is 288 g/mol. The van der Waals surface area contributed by atoms with Crippen LogP contribution >= 0.6 is 8.22 Å².